The van der Waals surface area contributed by atoms with Crippen LogP contribution >= 0.6 is 0 Å². The molecule has 1 unspecified atom stereocenters. The molecule has 0 aliphatic carbocycles. The maximum absolute atomic E-state index is 4.25. The van der Waals surface area contributed by atoms with E-state index in [0.29, 0.717) is 5.92 Å². The third-order valence-electron chi connectivity index (χ3n) is 4.14. The van der Waals surface area contributed by atoms with E-state index in [1.165, 1.54) is 16.7 Å². The smallest absolute Gasteiger partial charge is 0.0295 e. The van der Waals surface area contributed by atoms with Crippen LogP contribution in [0.15, 0.2) is 41.5 Å². The highest BCUT2D eigenvalue weighted by molar-refractivity contribution is 5.79. The predicted octanol–water partition coefficient (Wildman–Crippen LogP) is 5.76. The molecule has 1 aromatic rings. The van der Waals surface area contributed by atoms with Gasteiger partial charge in [-0.15, -0.1) is 0 Å². The van der Waals surface area contributed by atoms with Crippen LogP contribution in [0.25, 0.3) is 5.57 Å². The summed E-state index contributed by atoms with van der Waals surface area (Å²) in [5.41, 5.74) is 6.26. The van der Waals surface area contributed by atoms with Crippen molar-refractivity contribution >= 4 is 12.3 Å². The van der Waals surface area contributed by atoms with E-state index >= 15 is 0 Å². The minimum Gasteiger partial charge on any atom is -0.272 e. The van der Waals surface area contributed by atoms with Gasteiger partial charge in [0.15, 0.2) is 0 Å². The van der Waals surface area contributed by atoms with Crippen molar-refractivity contribution in [2.45, 2.75) is 47.5 Å². The van der Waals surface area contributed by atoms with E-state index in [4.69, 9.17) is 0 Å². The number of allylic oxidation sites excluding steroid dienone is 2. The fraction of sp³-hybridized carbons (Fsp3) is 0.421. The number of hydrogen-bond acceptors (Lipinski definition) is 1. The lowest BCUT2D eigenvalue weighted by molar-refractivity contribution is 0.338. The lowest BCUT2D eigenvalue weighted by atomic mass is 9.73. The molecule has 0 fully saturated rings. The van der Waals surface area contributed by atoms with Crippen molar-refractivity contribution in [2.75, 3.05) is 0 Å². The van der Waals surface area contributed by atoms with Gasteiger partial charge in [-0.2, -0.15) is 0 Å². The molecule has 0 amide bonds. The van der Waals surface area contributed by atoms with Gasteiger partial charge >= 0.3 is 0 Å². The van der Waals surface area contributed by atoms with Crippen LogP contribution in [-0.4, -0.2) is 6.72 Å². The standard InChI is InChI=1S/C19H27N/c1-13-10-9-11-17(15(3)14(2)12-20-8)18(13)16(4)19(5,6)7/h9-12,16H,3,8H2,1-2,4-7H3/b14-12+. The third kappa shape index (κ3) is 3.47. The second-order valence-electron chi connectivity index (χ2n) is 6.60. The van der Waals surface area contributed by atoms with Crippen molar-refractivity contribution in [2.24, 2.45) is 10.4 Å². The molecular formula is C19H27N. The van der Waals surface area contributed by atoms with E-state index in [-0.39, 0.29) is 5.41 Å². The van der Waals surface area contributed by atoms with E-state index in [9.17, 15) is 0 Å². The normalized spacial score (nSPS) is 14.0. The van der Waals surface area contributed by atoms with Gasteiger partial charge < -0.3 is 0 Å². The number of aryl methyl sites for hydroxylation is 1. The van der Waals surface area contributed by atoms with Gasteiger partial charge in [0.05, 0.1) is 0 Å². The zero-order valence-corrected chi connectivity index (χ0v) is 13.7. The first kappa shape index (κ1) is 16.4. The highest BCUT2D eigenvalue weighted by atomic mass is 14.6. The summed E-state index contributed by atoms with van der Waals surface area (Å²) in [7, 11) is 0. The predicted molar refractivity (Wildman–Crippen MR) is 91.4 cm³/mol. The number of benzene rings is 1. The van der Waals surface area contributed by atoms with E-state index in [1.54, 1.807) is 6.20 Å². The monoisotopic (exact) mass is 269 g/mol. The molecule has 0 radical (unpaired) electrons. The first-order chi connectivity index (χ1) is 9.20. The summed E-state index contributed by atoms with van der Waals surface area (Å²) in [6.07, 6.45) is 1.77. The van der Waals surface area contributed by atoms with Gasteiger partial charge in [0, 0.05) is 6.20 Å². The summed E-state index contributed by atoms with van der Waals surface area (Å²) < 4.78 is 0. The van der Waals surface area contributed by atoms with Crippen molar-refractivity contribution in [3.8, 4) is 0 Å². The van der Waals surface area contributed by atoms with Gasteiger partial charge in [0.2, 0.25) is 0 Å². The molecule has 0 saturated heterocycles. The lowest BCUT2D eigenvalue weighted by Crippen LogP contribution is -2.18. The zero-order valence-electron chi connectivity index (χ0n) is 13.7. The van der Waals surface area contributed by atoms with Crippen LogP contribution in [0.2, 0.25) is 0 Å². The molecule has 0 saturated carbocycles. The molecule has 1 rings (SSSR count). The Hall–Kier alpha value is -1.63. The molecule has 108 valence electrons. The topological polar surface area (TPSA) is 12.4 Å². The zero-order chi connectivity index (χ0) is 15.5. The summed E-state index contributed by atoms with van der Waals surface area (Å²) in [5, 5.41) is 0. The van der Waals surface area contributed by atoms with Gasteiger partial charge in [-0.25, -0.2) is 0 Å². The highest BCUT2D eigenvalue weighted by Gasteiger charge is 2.25. The second-order valence-corrected chi connectivity index (χ2v) is 6.60. The maximum Gasteiger partial charge on any atom is 0.0295 e. The Morgan fingerprint density at radius 3 is 2.40 bits per heavy atom. The Morgan fingerprint density at radius 1 is 1.30 bits per heavy atom. The molecule has 1 atom stereocenters. The van der Waals surface area contributed by atoms with E-state index in [0.717, 1.165) is 11.1 Å². The largest absolute Gasteiger partial charge is 0.272 e. The molecule has 0 N–H and O–H groups in total. The van der Waals surface area contributed by atoms with Gasteiger partial charge in [-0.3, -0.25) is 4.99 Å². The van der Waals surface area contributed by atoms with Crippen LogP contribution in [0.1, 0.15) is 57.2 Å². The molecule has 0 heterocycles. The molecule has 1 nitrogen and oxygen atoms in total. The van der Waals surface area contributed by atoms with E-state index in [1.807, 2.05) is 6.92 Å². The van der Waals surface area contributed by atoms with Crippen molar-refractivity contribution in [3.63, 3.8) is 0 Å². The Morgan fingerprint density at radius 2 is 1.90 bits per heavy atom. The average Bonchev–Trinajstić information content (AvgIpc) is 2.36. The van der Waals surface area contributed by atoms with Crippen molar-refractivity contribution < 1.29 is 0 Å². The summed E-state index contributed by atoms with van der Waals surface area (Å²) in [6, 6.07) is 6.44. The van der Waals surface area contributed by atoms with E-state index in [2.05, 4.69) is 71.1 Å². The Balaban J connectivity index is 3.43. The molecule has 0 aliphatic heterocycles. The van der Waals surface area contributed by atoms with Gasteiger partial charge in [-0.05, 0) is 59.7 Å². The summed E-state index contributed by atoms with van der Waals surface area (Å²) in [4.78, 5) is 3.86. The molecule has 0 aromatic heterocycles. The molecule has 0 bridgehead atoms. The Labute approximate surface area is 124 Å². The highest BCUT2D eigenvalue weighted by Crippen LogP contribution is 2.40. The molecule has 0 spiro atoms. The number of hydrogen-bond donors (Lipinski definition) is 0. The molecule has 0 aliphatic rings. The average molecular weight is 269 g/mol. The Kier molecular flexibility index (Phi) is 5.10. The first-order valence-corrected chi connectivity index (χ1v) is 7.12. The summed E-state index contributed by atoms with van der Waals surface area (Å²) >= 11 is 0. The number of aliphatic imine (C=N–C) groups is 1. The quantitative estimate of drug-likeness (QED) is 0.486. The maximum atomic E-state index is 4.25. The minimum atomic E-state index is 0.218. The summed E-state index contributed by atoms with van der Waals surface area (Å²) in [6.45, 7) is 21.1. The van der Waals surface area contributed by atoms with Crippen molar-refractivity contribution in [1.82, 2.24) is 0 Å². The first-order valence-electron chi connectivity index (χ1n) is 7.12. The minimum absolute atomic E-state index is 0.218. The van der Waals surface area contributed by atoms with Crippen molar-refractivity contribution in [1.29, 1.82) is 0 Å². The molecule has 1 heteroatoms. The van der Waals surface area contributed by atoms with Crippen LogP contribution in [-0.2, 0) is 0 Å². The number of rotatable bonds is 4. The summed E-state index contributed by atoms with van der Waals surface area (Å²) in [5.74, 6) is 0.458. The van der Waals surface area contributed by atoms with Crippen LogP contribution in [0.5, 0.6) is 0 Å². The molecule has 1 aromatic carbocycles. The fourth-order valence-electron chi connectivity index (χ4n) is 2.38. The third-order valence-corrected chi connectivity index (χ3v) is 4.14. The van der Waals surface area contributed by atoms with Crippen LogP contribution in [0.4, 0.5) is 0 Å². The Bertz CT molecular complexity index is 541. The van der Waals surface area contributed by atoms with Gasteiger partial charge in [-0.1, -0.05) is 52.5 Å². The molecule has 20 heavy (non-hydrogen) atoms. The van der Waals surface area contributed by atoms with Gasteiger partial charge in [0.1, 0.15) is 0 Å². The SMILES string of the molecule is C=N/C=C(\C)C(=C)c1cccc(C)c1C(C)C(C)(C)C. The van der Waals surface area contributed by atoms with Gasteiger partial charge in [0.25, 0.3) is 0 Å². The van der Waals surface area contributed by atoms with Crippen molar-refractivity contribution in [3.05, 3.63) is 53.2 Å². The lowest BCUT2D eigenvalue weighted by Gasteiger charge is -2.31. The number of nitrogens with zero attached hydrogens (tertiary/aromatic N) is 1. The van der Waals surface area contributed by atoms with Crippen LogP contribution in [0.3, 0.4) is 0 Å². The molecular weight excluding hydrogens is 242 g/mol. The van der Waals surface area contributed by atoms with E-state index < -0.39 is 0 Å². The van der Waals surface area contributed by atoms with Crippen LogP contribution in [0, 0.1) is 12.3 Å². The van der Waals surface area contributed by atoms with Crippen LogP contribution < -0.4 is 0 Å². The fourth-order valence-corrected chi connectivity index (χ4v) is 2.38. The second kappa shape index (κ2) is 6.21.